The molecule has 1 unspecified atom stereocenters. The van der Waals surface area contributed by atoms with Crippen molar-refractivity contribution in [3.8, 4) is 0 Å². The Morgan fingerprint density at radius 3 is 2.50 bits per heavy atom. The van der Waals surface area contributed by atoms with Gasteiger partial charge in [0.1, 0.15) is 0 Å². The van der Waals surface area contributed by atoms with Crippen molar-refractivity contribution in [2.45, 2.75) is 32.3 Å². The molecule has 3 nitrogen and oxygen atoms in total. The average molecular weight is 380 g/mol. The quantitative estimate of drug-likeness (QED) is 0.600. The number of carbonyl (C=O) groups excluding carboxylic acids is 1. The molecular formula is C13H16Br2O3. The Kier molecular flexibility index (Phi) is 6.89. The second-order valence-electron chi connectivity index (χ2n) is 4.00. The first-order valence-electron chi connectivity index (χ1n) is 5.82. The second-order valence-corrected chi connectivity index (χ2v) is 5.83. The molecule has 1 aromatic carbocycles. The van der Waals surface area contributed by atoms with Crippen LogP contribution < -0.4 is 0 Å². The van der Waals surface area contributed by atoms with Crippen molar-refractivity contribution in [3.05, 3.63) is 32.7 Å². The van der Waals surface area contributed by atoms with E-state index >= 15 is 0 Å². The van der Waals surface area contributed by atoms with Gasteiger partial charge in [0.25, 0.3) is 0 Å². The van der Waals surface area contributed by atoms with Gasteiger partial charge in [0, 0.05) is 8.95 Å². The highest BCUT2D eigenvalue weighted by atomic mass is 79.9. The van der Waals surface area contributed by atoms with Crippen LogP contribution in [0.5, 0.6) is 0 Å². The van der Waals surface area contributed by atoms with E-state index in [1.165, 1.54) is 0 Å². The van der Waals surface area contributed by atoms with E-state index in [9.17, 15) is 9.90 Å². The number of hydrogen-bond donors (Lipinski definition) is 1. The summed E-state index contributed by atoms with van der Waals surface area (Å²) >= 11 is 6.68. The lowest BCUT2D eigenvalue weighted by Crippen LogP contribution is -2.11. The molecular weight excluding hydrogens is 364 g/mol. The fourth-order valence-electron chi connectivity index (χ4n) is 1.43. The van der Waals surface area contributed by atoms with E-state index in [0.29, 0.717) is 12.2 Å². The highest BCUT2D eigenvalue weighted by Crippen LogP contribution is 2.26. The standard InChI is InChI=1S/C13H16Br2O3/c1-2-3-4-18-13(17)8-12(16)9-5-10(14)7-11(15)6-9/h5-7,12,16H,2-4,8H2,1H3. The van der Waals surface area contributed by atoms with Crippen molar-refractivity contribution in [3.63, 3.8) is 0 Å². The molecule has 0 saturated carbocycles. The van der Waals surface area contributed by atoms with Gasteiger partial charge in [0.15, 0.2) is 0 Å². The maximum absolute atomic E-state index is 11.5. The van der Waals surface area contributed by atoms with E-state index in [4.69, 9.17) is 4.74 Å². The lowest BCUT2D eigenvalue weighted by atomic mass is 10.1. The van der Waals surface area contributed by atoms with Crippen LogP contribution in [0.3, 0.4) is 0 Å². The third-order valence-electron chi connectivity index (χ3n) is 2.39. The molecule has 0 aromatic heterocycles. The minimum absolute atomic E-state index is 0.0212. The average Bonchev–Trinajstić information content (AvgIpc) is 2.28. The molecule has 0 radical (unpaired) electrons. The lowest BCUT2D eigenvalue weighted by molar-refractivity contribution is -0.146. The summed E-state index contributed by atoms with van der Waals surface area (Å²) in [5.41, 5.74) is 0.684. The third-order valence-corrected chi connectivity index (χ3v) is 3.31. The Morgan fingerprint density at radius 1 is 1.33 bits per heavy atom. The molecule has 1 atom stereocenters. The monoisotopic (exact) mass is 378 g/mol. The second kappa shape index (κ2) is 7.92. The van der Waals surface area contributed by atoms with E-state index in [-0.39, 0.29) is 12.4 Å². The zero-order valence-corrected chi connectivity index (χ0v) is 13.3. The number of unbranched alkanes of at least 4 members (excludes halogenated alkanes) is 1. The van der Waals surface area contributed by atoms with Gasteiger partial charge in [-0.1, -0.05) is 45.2 Å². The van der Waals surface area contributed by atoms with Gasteiger partial charge in [-0.2, -0.15) is 0 Å². The molecule has 0 fully saturated rings. The Balaban J connectivity index is 2.53. The van der Waals surface area contributed by atoms with Crippen LogP contribution in [0.1, 0.15) is 37.9 Å². The number of carbonyl (C=O) groups is 1. The lowest BCUT2D eigenvalue weighted by Gasteiger charge is -2.11. The van der Waals surface area contributed by atoms with Crippen LogP contribution in [-0.2, 0) is 9.53 Å². The van der Waals surface area contributed by atoms with Gasteiger partial charge in [-0.05, 0) is 30.2 Å². The highest BCUT2D eigenvalue weighted by molar-refractivity contribution is 9.11. The first-order chi connectivity index (χ1) is 8.52. The smallest absolute Gasteiger partial charge is 0.308 e. The van der Waals surface area contributed by atoms with Gasteiger partial charge in [0.05, 0.1) is 19.1 Å². The summed E-state index contributed by atoms with van der Waals surface area (Å²) in [6.45, 7) is 2.45. The van der Waals surface area contributed by atoms with Crippen LogP contribution in [0.2, 0.25) is 0 Å². The van der Waals surface area contributed by atoms with Crippen LogP contribution in [0.25, 0.3) is 0 Å². The topological polar surface area (TPSA) is 46.5 Å². The Labute approximate surface area is 124 Å². The number of esters is 1. The highest BCUT2D eigenvalue weighted by Gasteiger charge is 2.15. The van der Waals surface area contributed by atoms with Gasteiger partial charge < -0.3 is 9.84 Å². The molecule has 0 aliphatic carbocycles. The van der Waals surface area contributed by atoms with E-state index in [1.807, 2.05) is 13.0 Å². The van der Waals surface area contributed by atoms with E-state index < -0.39 is 6.10 Å². The molecule has 0 saturated heterocycles. The van der Waals surface area contributed by atoms with Crippen molar-refractivity contribution in [2.75, 3.05) is 6.61 Å². The summed E-state index contributed by atoms with van der Waals surface area (Å²) in [5.74, 6) is -0.368. The predicted molar refractivity (Wildman–Crippen MR) is 77.3 cm³/mol. The van der Waals surface area contributed by atoms with E-state index in [2.05, 4.69) is 31.9 Å². The van der Waals surface area contributed by atoms with E-state index in [1.54, 1.807) is 12.1 Å². The summed E-state index contributed by atoms with van der Waals surface area (Å²) in [6.07, 6.45) is 0.971. The van der Waals surface area contributed by atoms with Gasteiger partial charge in [-0.15, -0.1) is 0 Å². The molecule has 0 heterocycles. The molecule has 5 heteroatoms. The van der Waals surface area contributed by atoms with E-state index in [0.717, 1.165) is 21.8 Å². The largest absolute Gasteiger partial charge is 0.466 e. The van der Waals surface area contributed by atoms with Crippen LogP contribution in [-0.4, -0.2) is 17.7 Å². The summed E-state index contributed by atoms with van der Waals surface area (Å²) in [5, 5.41) is 9.95. The van der Waals surface area contributed by atoms with Crippen molar-refractivity contribution in [1.29, 1.82) is 0 Å². The minimum atomic E-state index is -0.840. The van der Waals surface area contributed by atoms with Gasteiger partial charge >= 0.3 is 5.97 Å². The van der Waals surface area contributed by atoms with Crippen LogP contribution in [0.15, 0.2) is 27.1 Å². The Bertz CT molecular complexity index is 387. The summed E-state index contributed by atoms with van der Waals surface area (Å²) in [4.78, 5) is 11.5. The first-order valence-corrected chi connectivity index (χ1v) is 7.41. The number of halogens is 2. The zero-order valence-electron chi connectivity index (χ0n) is 10.2. The van der Waals surface area contributed by atoms with Gasteiger partial charge in [-0.25, -0.2) is 0 Å². The Hall–Kier alpha value is -0.390. The first kappa shape index (κ1) is 15.7. The SMILES string of the molecule is CCCCOC(=O)CC(O)c1cc(Br)cc(Br)c1. The summed E-state index contributed by atoms with van der Waals surface area (Å²) < 4.78 is 6.72. The molecule has 1 rings (SSSR count). The molecule has 18 heavy (non-hydrogen) atoms. The minimum Gasteiger partial charge on any atom is -0.466 e. The molecule has 0 aliphatic rings. The Morgan fingerprint density at radius 2 is 1.94 bits per heavy atom. The fraction of sp³-hybridized carbons (Fsp3) is 0.462. The number of benzene rings is 1. The summed E-state index contributed by atoms with van der Waals surface area (Å²) in [6, 6.07) is 5.44. The normalized spacial score (nSPS) is 12.2. The molecule has 0 bridgehead atoms. The van der Waals surface area contributed by atoms with Gasteiger partial charge in [0.2, 0.25) is 0 Å². The van der Waals surface area contributed by atoms with Crippen molar-refractivity contribution < 1.29 is 14.6 Å². The zero-order chi connectivity index (χ0) is 13.5. The maximum Gasteiger partial charge on any atom is 0.308 e. The van der Waals surface area contributed by atoms with Crippen molar-refractivity contribution in [1.82, 2.24) is 0 Å². The number of rotatable bonds is 6. The van der Waals surface area contributed by atoms with Crippen LogP contribution in [0, 0.1) is 0 Å². The molecule has 1 aromatic rings. The molecule has 0 amide bonds. The molecule has 0 spiro atoms. The maximum atomic E-state index is 11.5. The number of ether oxygens (including phenoxy) is 1. The van der Waals surface area contributed by atoms with Crippen LogP contribution >= 0.6 is 31.9 Å². The fourth-order valence-corrected chi connectivity index (χ4v) is 2.76. The number of hydrogen-bond acceptors (Lipinski definition) is 3. The van der Waals surface area contributed by atoms with Crippen molar-refractivity contribution >= 4 is 37.8 Å². The van der Waals surface area contributed by atoms with Gasteiger partial charge in [-0.3, -0.25) is 4.79 Å². The molecule has 1 N–H and O–H groups in total. The number of aliphatic hydroxyl groups excluding tert-OH is 1. The number of aliphatic hydroxyl groups is 1. The van der Waals surface area contributed by atoms with Crippen molar-refractivity contribution in [2.24, 2.45) is 0 Å². The van der Waals surface area contributed by atoms with Crippen LogP contribution in [0.4, 0.5) is 0 Å². The molecule has 100 valence electrons. The predicted octanol–water partition coefficient (Wildman–Crippen LogP) is 3.98. The third kappa shape index (κ3) is 5.50. The molecule has 0 aliphatic heterocycles. The summed E-state index contributed by atoms with van der Waals surface area (Å²) in [7, 11) is 0.